The number of rotatable bonds is 4. The molecule has 0 spiro atoms. The third-order valence-electron chi connectivity index (χ3n) is 8.32. The van der Waals surface area contributed by atoms with E-state index in [0.717, 1.165) is 52.1 Å². The van der Waals surface area contributed by atoms with Gasteiger partial charge in [-0.05, 0) is 48.5 Å². The van der Waals surface area contributed by atoms with E-state index in [-0.39, 0.29) is 34.0 Å². The summed E-state index contributed by atoms with van der Waals surface area (Å²) < 4.78 is 12.8. The molecular formula is C36H44Br2O2P2. The van der Waals surface area contributed by atoms with Gasteiger partial charge in [0.25, 0.3) is 0 Å². The van der Waals surface area contributed by atoms with Crippen LogP contribution in [0, 0.1) is 0 Å². The number of ether oxygens (including phenoxy) is 2. The first kappa shape index (κ1) is 35.1. The smallest absolute Gasteiger partial charge is 0.0991 e. The highest BCUT2D eigenvalue weighted by Crippen LogP contribution is 2.58. The van der Waals surface area contributed by atoms with Crippen molar-refractivity contribution in [3.05, 3.63) is 121 Å². The van der Waals surface area contributed by atoms with Gasteiger partial charge in [-0.3, -0.25) is 0 Å². The van der Waals surface area contributed by atoms with Crippen molar-refractivity contribution in [2.45, 2.75) is 25.7 Å². The first-order valence-electron chi connectivity index (χ1n) is 15.0. The molecule has 6 heteroatoms. The highest BCUT2D eigenvalue weighted by molar-refractivity contribution is 7.90. The Morgan fingerprint density at radius 2 is 0.548 bits per heavy atom. The summed E-state index contributed by atoms with van der Waals surface area (Å²) in [6, 6.07) is 45.1. The Bertz CT molecular complexity index is 1060. The van der Waals surface area contributed by atoms with E-state index in [1.54, 1.807) is 0 Å². The third-order valence-corrected chi connectivity index (χ3v) is 17.8. The fourth-order valence-electron chi connectivity index (χ4n) is 6.36. The summed E-state index contributed by atoms with van der Waals surface area (Å²) >= 11 is 0. The normalized spacial score (nSPS) is 18.1. The van der Waals surface area contributed by atoms with Gasteiger partial charge in [0.1, 0.15) is 0 Å². The van der Waals surface area contributed by atoms with Crippen molar-refractivity contribution in [2.24, 2.45) is 0 Å². The lowest BCUT2D eigenvalue weighted by molar-refractivity contribution is -0.00100. The van der Waals surface area contributed by atoms with E-state index < -0.39 is 14.5 Å². The number of hydrogen-bond acceptors (Lipinski definition) is 2. The van der Waals surface area contributed by atoms with Crippen molar-refractivity contribution < 1.29 is 43.4 Å². The Balaban J connectivity index is 0.00000242. The molecule has 0 amide bonds. The van der Waals surface area contributed by atoms with Crippen molar-refractivity contribution in [3.63, 3.8) is 0 Å². The van der Waals surface area contributed by atoms with Crippen LogP contribution in [0.15, 0.2) is 121 Å². The molecule has 1 aliphatic rings. The SMILES string of the molecule is [Br-].[Br-].c1ccc([P+]2(c3ccccc3)CCCOCCC[P+](c3ccccc3)(c3ccccc3)CCCOCCC2)cc1. The molecule has 4 aromatic rings. The molecule has 0 radical (unpaired) electrons. The van der Waals surface area contributed by atoms with Crippen LogP contribution in [0.2, 0.25) is 0 Å². The van der Waals surface area contributed by atoms with Crippen LogP contribution in [0.25, 0.3) is 0 Å². The van der Waals surface area contributed by atoms with Crippen molar-refractivity contribution >= 4 is 35.7 Å². The number of benzene rings is 4. The van der Waals surface area contributed by atoms with E-state index in [1.165, 1.54) is 45.9 Å². The Morgan fingerprint density at radius 3 is 0.762 bits per heavy atom. The summed E-state index contributed by atoms with van der Waals surface area (Å²) in [6.07, 6.45) is 9.12. The Labute approximate surface area is 275 Å². The van der Waals surface area contributed by atoms with Crippen LogP contribution in [0.5, 0.6) is 0 Å². The molecule has 0 aliphatic carbocycles. The minimum atomic E-state index is -1.55. The number of halogens is 2. The Kier molecular flexibility index (Phi) is 15.4. The lowest BCUT2D eigenvalue weighted by Gasteiger charge is -2.29. The molecule has 0 N–H and O–H groups in total. The van der Waals surface area contributed by atoms with Gasteiger partial charge in [0.05, 0.1) is 86.8 Å². The zero-order chi connectivity index (χ0) is 27.4. The lowest BCUT2D eigenvalue weighted by Crippen LogP contribution is -3.00. The second kappa shape index (κ2) is 18.4. The van der Waals surface area contributed by atoms with Gasteiger partial charge in [0, 0.05) is 25.7 Å². The van der Waals surface area contributed by atoms with Gasteiger partial charge in [0.15, 0.2) is 0 Å². The molecule has 4 aromatic carbocycles. The molecule has 1 saturated heterocycles. The predicted molar refractivity (Wildman–Crippen MR) is 178 cm³/mol. The van der Waals surface area contributed by atoms with Crippen molar-refractivity contribution in [3.8, 4) is 0 Å². The maximum Gasteiger partial charge on any atom is 0.0991 e. The predicted octanol–water partition coefficient (Wildman–Crippen LogP) is 0.939. The van der Waals surface area contributed by atoms with Gasteiger partial charge >= 0.3 is 0 Å². The molecule has 42 heavy (non-hydrogen) atoms. The van der Waals surface area contributed by atoms with E-state index in [1.807, 2.05) is 0 Å². The molecule has 224 valence electrons. The van der Waals surface area contributed by atoms with Crippen molar-refractivity contribution in [1.29, 1.82) is 0 Å². The molecule has 0 aromatic heterocycles. The second-order valence-electron chi connectivity index (χ2n) is 10.8. The van der Waals surface area contributed by atoms with Gasteiger partial charge in [-0.15, -0.1) is 0 Å². The third kappa shape index (κ3) is 8.84. The van der Waals surface area contributed by atoms with Crippen LogP contribution < -0.4 is 55.2 Å². The Morgan fingerprint density at radius 1 is 0.333 bits per heavy atom. The quantitative estimate of drug-likeness (QED) is 0.292. The van der Waals surface area contributed by atoms with E-state index in [4.69, 9.17) is 9.47 Å². The molecule has 0 atom stereocenters. The number of hydrogen-bond donors (Lipinski definition) is 0. The topological polar surface area (TPSA) is 18.5 Å². The summed E-state index contributed by atoms with van der Waals surface area (Å²) in [7, 11) is -3.09. The van der Waals surface area contributed by atoms with E-state index in [9.17, 15) is 0 Å². The van der Waals surface area contributed by atoms with Crippen LogP contribution in [0.3, 0.4) is 0 Å². The summed E-state index contributed by atoms with van der Waals surface area (Å²) in [6.45, 7) is 3.33. The van der Waals surface area contributed by atoms with Crippen molar-refractivity contribution in [1.82, 2.24) is 0 Å². The molecule has 1 fully saturated rings. The molecule has 5 rings (SSSR count). The summed E-state index contributed by atoms with van der Waals surface area (Å²) in [5.74, 6) is 0. The van der Waals surface area contributed by atoms with Crippen LogP contribution in [-0.4, -0.2) is 51.1 Å². The first-order valence-corrected chi connectivity index (χ1v) is 19.3. The van der Waals surface area contributed by atoms with E-state index in [0.29, 0.717) is 0 Å². The highest BCUT2D eigenvalue weighted by Gasteiger charge is 2.43. The standard InChI is InChI=1S/C36H44O2P2.2BrH/c1-5-17-33(18-6-1)39(34-19-7-2-8-20-34)29-13-25-37-27-15-31-40(35-21-9-3-10-22-35,36-23-11-4-12-24-36)32-16-28-38-26-14-30-39;;/h1-12,17-24H,13-16,25-32H2;2*1H/q+2;;/p-2. The molecule has 0 saturated carbocycles. The zero-order valence-corrected chi connectivity index (χ0v) is 29.5. The fraction of sp³-hybridized carbons (Fsp3) is 0.333. The second-order valence-corrected chi connectivity index (χ2v) is 18.5. The molecule has 0 bridgehead atoms. The molecule has 0 unspecified atom stereocenters. The maximum atomic E-state index is 6.38. The van der Waals surface area contributed by atoms with E-state index >= 15 is 0 Å². The van der Waals surface area contributed by atoms with Gasteiger partial charge in [0.2, 0.25) is 0 Å². The van der Waals surface area contributed by atoms with Gasteiger partial charge < -0.3 is 43.4 Å². The average Bonchev–Trinajstić information content (AvgIpc) is 3.03. The average molecular weight is 731 g/mol. The van der Waals surface area contributed by atoms with Crippen LogP contribution in [-0.2, 0) is 9.47 Å². The largest absolute Gasteiger partial charge is 1.00 e. The van der Waals surface area contributed by atoms with Crippen LogP contribution >= 0.6 is 14.5 Å². The maximum absolute atomic E-state index is 6.38. The molecule has 1 aliphatic heterocycles. The van der Waals surface area contributed by atoms with Gasteiger partial charge in [-0.1, -0.05) is 72.8 Å². The monoisotopic (exact) mass is 728 g/mol. The van der Waals surface area contributed by atoms with Crippen molar-refractivity contribution in [2.75, 3.05) is 51.1 Å². The minimum Gasteiger partial charge on any atom is -1.00 e. The summed E-state index contributed by atoms with van der Waals surface area (Å²) in [5, 5.41) is 6.07. The van der Waals surface area contributed by atoms with Gasteiger partial charge in [-0.2, -0.15) is 0 Å². The molecule has 2 nitrogen and oxygen atoms in total. The van der Waals surface area contributed by atoms with Crippen LogP contribution in [0.4, 0.5) is 0 Å². The molecular weight excluding hydrogens is 686 g/mol. The summed E-state index contributed by atoms with van der Waals surface area (Å²) in [4.78, 5) is 0. The first-order chi connectivity index (χ1) is 19.8. The highest BCUT2D eigenvalue weighted by atomic mass is 79.9. The molecule has 1 heterocycles. The zero-order valence-electron chi connectivity index (χ0n) is 24.5. The summed E-state index contributed by atoms with van der Waals surface area (Å²) in [5.41, 5.74) is 0. The lowest BCUT2D eigenvalue weighted by atomic mass is 10.4. The Hall–Kier alpha value is -1.38. The van der Waals surface area contributed by atoms with Crippen LogP contribution in [0.1, 0.15) is 25.7 Å². The fourth-order valence-corrected chi connectivity index (χ4v) is 15.1. The van der Waals surface area contributed by atoms with Gasteiger partial charge in [-0.25, -0.2) is 0 Å². The minimum absolute atomic E-state index is 0. The van der Waals surface area contributed by atoms with E-state index in [2.05, 4.69) is 121 Å².